The van der Waals surface area contributed by atoms with Crippen LogP contribution >= 0.6 is 27.5 Å². The molecular weight excluding hydrogens is 289 g/mol. The molecule has 1 aromatic rings. The molecule has 0 heterocycles. The number of nitrogens with two attached hydrogens (primary N) is 1. The van der Waals surface area contributed by atoms with Crippen molar-refractivity contribution in [1.29, 1.82) is 0 Å². The van der Waals surface area contributed by atoms with Gasteiger partial charge in [0, 0.05) is 27.9 Å². The topological polar surface area (TPSA) is 43.1 Å². The lowest BCUT2D eigenvalue weighted by atomic mass is 9.85. The van der Waals surface area contributed by atoms with Crippen molar-refractivity contribution in [1.82, 2.24) is 0 Å². The van der Waals surface area contributed by atoms with Crippen LogP contribution in [0.15, 0.2) is 22.7 Å². The Morgan fingerprint density at radius 2 is 2.12 bits per heavy atom. The summed E-state index contributed by atoms with van der Waals surface area (Å²) in [5.74, 6) is 0.110. The molecule has 0 fully saturated rings. The molecule has 0 aliphatic rings. The number of carbonyl (C=O) groups excluding carboxylic acids is 1. The largest absolute Gasteiger partial charge is 0.329 e. The molecule has 0 bridgehead atoms. The van der Waals surface area contributed by atoms with E-state index in [2.05, 4.69) is 15.9 Å². The number of hydrogen-bond acceptors (Lipinski definition) is 2. The Labute approximate surface area is 109 Å². The standard InChI is InChI=1S/C12H15BrClNO/c1-12(2,7-15)11(16)5-8-3-4-9(13)6-10(8)14/h3-4,6H,5,7,15H2,1-2H3. The average Bonchev–Trinajstić information content (AvgIpc) is 2.22. The molecule has 0 saturated heterocycles. The number of Topliss-reactive ketones (excluding diaryl/α,β-unsaturated/α-hetero) is 1. The van der Waals surface area contributed by atoms with E-state index in [1.165, 1.54) is 0 Å². The van der Waals surface area contributed by atoms with Gasteiger partial charge in [0.25, 0.3) is 0 Å². The maximum Gasteiger partial charge on any atom is 0.144 e. The molecule has 2 N–H and O–H groups in total. The zero-order chi connectivity index (χ0) is 12.3. The second-order valence-corrected chi connectivity index (χ2v) is 5.75. The summed E-state index contributed by atoms with van der Waals surface area (Å²) in [6.07, 6.45) is 0.330. The molecular formula is C12H15BrClNO. The highest BCUT2D eigenvalue weighted by molar-refractivity contribution is 9.10. The summed E-state index contributed by atoms with van der Waals surface area (Å²) in [7, 11) is 0. The number of rotatable bonds is 4. The summed E-state index contributed by atoms with van der Waals surface area (Å²) in [6.45, 7) is 4.05. The van der Waals surface area contributed by atoms with Gasteiger partial charge in [-0.1, -0.05) is 47.4 Å². The van der Waals surface area contributed by atoms with E-state index < -0.39 is 5.41 Å². The third kappa shape index (κ3) is 3.30. The fraction of sp³-hybridized carbons (Fsp3) is 0.417. The molecule has 4 heteroatoms. The van der Waals surface area contributed by atoms with Gasteiger partial charge in [0.15, 0.2) is 0 Å². The van der Waals surface area contributed by atoms with Crippen LogP contribution in [-0.4, -0.2) is 12.3 Å². The van der Waals surface area contributed by atoms with E-state index in [1.807, 2.05) is 26.0 Å². The summed E-state index contributed by atoms with van der Waals surface area (Å²) in [5.41, 5.74) is 5.92. The number of ketones is 1. The van der Waals surface area contributed by atoms with Crippen LogP contribution in [0.3, 0.4) is 0 Å². The maximum atomic E-state index is 12.0. The van der Waals surface area contributed by atoms with Crippen molar-refractivity contribution in [2.24, 2.45) is 11.1 Å². The predicted molar refractivity (Wildman–Crippen MR) is 70.7 cm³/mol. The number of carbonyl (C=O) groups is 1. The Morgan fingerprint density at radius 1 is 1.50 bits per heavy atom. The minimum absolute atomic E-state index is 0.110. The van der Waals surface area contributed by atoms with E-state index in [9.17, 15) is 4.79 Å². The fourth-order valence-electron chi connectivity index (χ4n) is 1.19. The predicted octanol–water partition coefficient (Wildman–Crippen LogP) is 3.20. The van der Waals surface area contributed by atoms with Crippen molar-refractivity contribution >= 4 is 33.3 Å². The van der Waals surface area contributed by atoms with E-state index in [1.54, 1.807) is 6.07 Å². The molecule has 0 amide bonds. The van der Waals surface area contributed by atoms with E-state index in [-0.39, 0.29) is 5.78 Å². The molecule has 2 nitrogen and oxygen atoms in total. The number of benzene rings is 1. The SMILES string of the molecule is CC(C)(CN)C(=O)Cc1ccc(Br)cc1Cl. The van der Waals surface area contributed by atoms with Crippen LogP contribution in [0.25, 0.3) is 0 Å². The summed E-state index contributed by atoms with van der Waals surface area (Å²) >= 11 is 9.38. The molecule has 1 aromatic carbocycles. The van der Waals surface area contributed by atoms with E-state index in [0.717, 1.165) is 10.0 Å². The lowest BCUT2D eigenvalue weighted by Crippen LogP contribution is -2.33. The second kappa shape index (κ2) is 5.30. The lowest BCUT2D eigenvalue weighted by molar-refractivity contribution is -0.125. The number of halogens is 2. The molecule has 1 rings (SSSR count). The van der Waals surface area contributed by atoms with Gasteiger partial charge in [-0.15, -0.1) is 0 Å². The monoisotopic (exact) mass is 303 g/mol. The quantitative estimate of drug-likeness (QED) is 0.928. The molecule has 0 aliphatic carbocycles. The highest BCUT2D eigenvalue weighted by atomic mass is 79.9. The van der Waals surface area contributed by atoms with Gasteiger partial charge in [-0.25, -0.2) is 0 Å². The van der Waals surface area contributed by atoms with Crippen LogP contribution in [0, 0.1) is 5.41 Å². The van der Waals surface area contributed by atoms with Crippen molar-refractivity contribution in [2.75, 3.05) is 6.54 Å². The Hall–Kier alpha value is -0.380. The summed E-state index contributed by atoms with van der Waals surface area (Å²) < 4.78 is 0.909. The first-order chi connectivity index (χ1) is 7.36. The van der Waals surface area contributed by atoms with Crippen molar-refractivity contribution < 1.29 is 4.79 Å². The summed E-state index contributed by atoms with van der Waals surface area (Å²) in [6, 6.07) is 5.53. The smallest absolute Gasteiger partial charge is 0.144 e. The van der Waals surface area contributed by atoms with E-state index in [0.29, 0.717) is 18.0 Å². The Bertz CT molecular complexity index is 404. The van der Waals surface area contributed by atoms with E-state index in [4.69, 9.17) is 17.3 Å². The third-order valence-electron chi connectivity index (χ3n) is 2.63. The van der Waals surface area contributed by atoms with Crippen molar-refractivity contribution in [3.63, 3.8) is 0 Å². The molecule has 0 aromatic heterocycles. The molecule has 0 aliphatic heterocycles. The Balaban J connectivity index is 2.85. The molecule has 0 spiro atoms. The maximum absolute atomic E-state index is 12.0. The van der Waals surface area contributed by atoms with Crippen molar-refractivity contribution in [2.45, 2.75) is 20.3 Å². The molecule has 0 radical (unpaired) electrons. The van der Waals surface area contributed by atoms with Gasteiger partial charge in [-0.05, 0) is 17.7 Å². The highest BCUT2D eigenvalue weighted by Gasteiger charge is 2.25. The van der Waals surface area contributed by atoms with Crippen LogP contribution < -0.4 is 5.73 Å². The molecule has 16 heavy (non-hydrogen) atoms. The van der Waals surface area contributed by atoms with Gasteiger partial charge in [0.05, 0.1) is 0 Å². The second-order valence-electron chi connectivity index (χ2n) is 4.42. The van der Waals surface area contributed by atoms with Gasteiger partial charge in [-0.3, -0.25) is 4.79 Å². The zero-order valence-corrected chi connectivity index (χ0v) is 11.7. The van der Waals surface area contributed by atoms with Crippen LogP contribution in [0.2, 0.25) is 5.02 Å². The van der Waals surface area contributed by atoms with Crippen molar-refractivity contribution in [3.05, 3.63) is 33.3 Å². The lowest BCUT2D eigenvalue weighted by Gasteiger charge is -2.20. The first-order valence-electron chi connectivity index (χ1n) is 5.04. The van der Waals surface area contributed by atoms with Gasteiger partial charge < -0.3 is 5.73 Å². The van der Waals surface area contributed by atoms with Crippen LogP contribution in [0.5, 0.6) is 0 Å². The Kier molecular flexibility index (Phi) is 4.53. The van der Waals surface area contributed by atoms with Gasteiger partial charge >= 0.3 is 0 Å². The number of hydrogen-bond donors (Lipinski definition) is 1. The van der Waals surface area contributed by atoms with Gasteiger partial charge in [0.2, 0.25) is 0 Å². The molecule has 0 atom stereocenters. The van der Waals surface area contributed by atoms with Gasteiger partial charge in [-0.2, -0.15) is 0 Å². The van der Waals surface area contributed by atoms with Crippen LogP contribution in [0.4, 0.5) is 0 Å². The van der Waals surface area contributed by atoms with Crippen molar-refractivity contribution in [3.8, 4) is 0 Å². The van der Waals surface area contributed by atoms with Crippen LogP contribution in [0.1, 0.15) is 19.4 Å². The third-order valence-corrected chi connectivity index (χ3v) is 3.48. The minimum atomic E-state index is -0.490. The highest BCUT2D eigenvalue weighted by Crippen LogP contribution is 2.24. The zero-order valence-electron chi connectivity index (χ0n) is 9.39. The molecule has 0 unspecified atom stereocenters. The van der Waals surface area contributed by atoms with E-state index >= 15 is 0 Å². The van der Waals surface area contributed by atoms with Crippen LogP contribution in [-0.2, 0) is 11.2 Å². The average molecular weight is 305 g/mol. The normalized spacial score (nSPS) is 11.6. The first-order valence-corrected chi connectivity index (χ1v) is 6.21. The summed E-state index contributed by atoms with van der Waals surface area (Å²) in [5, 5.41) is 0.607. The Morgan fingerprint density at radius 3 is 2.62 bits per heavy atom. The minimum Gasteiger partial charge on any atom is -0.329 e. The summed E-state index contributed by atoms with van der Waals surface area (Å²) in [4.78, 5) is 12.0. The molecule has 88 valence electrons. The van der Waals surface area contributed by atoms with Gasteiger partial charge in [0.1, 0.15) is 5.78 Å². The fourth-order valence-corrected chi connectivity index (χ4v) is 1.93. The first kappa shape index (κ1) is 13.7. The molecule has 0 saturated carbocycles.